The summed E-state index contributed by atoms with van der Waals surface area (Å²) >= 11 is 0. The normalized spacial score (nSPS) is 13.6. The van der Waals surface area contributed by atoms with Crippen LogP contribution >= 0.6 is 0 Å². The molecule has 0 aliphatic carbocycles. The lowest BCUT2D eigenvalue weighted by atomic mass is 10.1. The first-order valence-electron chi connectivity index (χ1n) is 7.64. The van der Waals surface area contributed by atoms with Crippen molar-refractivity contribution in [1.29, 1.82) is 0 Å². The molecule has 0 heterocycles. The fourth-order valence-corrected chi connectivity index (χ4v) is 2.19. The summed E-state index contributed by atoms with van der Waals surface area (Å²) in [5.74, 6) is 0.708. The van der Waals surface area contributed by atoms with Crippen LogP contribution in [-0.2, 0) is 11.2 Å². The van der Waals surface area contributed by atoms with Gasteiger partial charge in [-0.15, -0.1) is 0 Å². The van der Waals surface area contributed by atoms with E-state index in [-0.39, 0.29) is 5.91 Å². The average molecular weight is 292 g/mol. The van der Waals surface area contributed by atoms with E-state index in [1.165, 1.54) is 5.56 Å². The minimum absolute atomic E-state index is 0.0291. The number of nitrogens with zero attached hydrogens (tertiary/aromatic N) is 1. The van der Waals surface area contributed by atoms with Crippen LogP contribution in [0.5, 0.6) is 5.75 Å². The van der Waals surface area contributed by atoms with Crippen LogP contribution < -0.4 is 10.1 Å². The summed E-state index contributed by atoms with van der Waals surface area (Å²) in [6.07, 6.45) is 1.70. The molecule has 0 aliphatic rings. The SMILES string of the molecule is CCNC(C)CCc1ccc(OC(C)C(=O)N(C)C)cc1. The Hall–Kier alpha value is -1.55. The molecule has 0 aliphatic heterocycles. The zero-order valence-electron chi connectivity index (χ0n) is 13.8. The number of hydrogen-bond acceptors (Lipinski definition) is 3. The highest BCUT2D eigenvalue weighted by atomic mass is 16.5. The summed E-state index contributed by atoms with van der Waals surface area (Å²) in [7, 11) is 3.47. The zero-order chi connectivity index (χ0) is 15.8. The number of benzene rings is 1. The first kappa shape index (κ1) is 17.5. The van der Waals surface area contributed by atoms with Gasteiger partial charge in [0.05, 0.1) is 0 Å². The Balaban J connectivity index is 2.48. The fourth-order valence-electron chi connectivity index (χ4n) is 2.19. The predicted octanol–water partition coefficient (Wildman–Crippen LogP) is 2.47. The van der Waals surface area contributed by atoms with Gasteiger partial charge in [0, 0.05) is 20.1 Å². The molecule has 1 amide bonds. The van der Waals surface area contributed by atoms with Crippen molar-refractivity contribution in [1.82, 2.24) is 10.2 Å². The maximum absolute atomic E-state index is 11.7. The molecule has 1 N–H and O–H groups in total. The number of hydrogen-bond donors (Lipinski definition) is 1. The lowest BCUT2D eigenvalue weighted by molar-refractivity contribution is -0.135. The van der Waals surface area contributed by atoms with Crippen LogP contribution in [0.25, 0.3) is 0 Å². The van der Waals surface area contributed by atoms with E-state index < -0.39 is 6.10 Å². The van der Waals surface area contributed by atoms with Crippen molar-refractivity contribution in [2.75, 3.05) is 20.6 Å². The maximum Gasteiger partial charge on any atom is 0.262 e. The van der Waals surface area contributed by atoms with Gasteiger partial charge < -0.3 is 15.0 Å². The summed E-state index contributed by atoms with van der Waals surface area (Å²) in [4.78, 5) is 13.3. The molecule has 0 radical (unpaired) electrons. The van der Waals surface area contributed by atoms with Crippen molar-refractivity contribution in [2.45, 2.75) is 45.8 Å². The van der Waals surface area contributed by atoms with E-state index in [1.807, 2.05) is 12.1 Å². The third-order valence-corrected chi connectivity index (χ3v) is 3.44. The summed E-state index contributed by atoms with van der Waals surface area (Å²) in [6.45, 7) is 7.11. The molecular weight excluding hydrogens is 264 g/mol. The van der Waals surface area contributed by atoms with Gasteiger partial charge in [0.15, 0.2) is 6.10 Å². The third kappa shape index (κ3) is 6.17. The van der Waals surface area contributed by atoms with Crippen LogP contribution in [0.15, 0.2) is 24.3 Å². The Kier molecular flexibility index (Phi) is 7.23. The van der Waals surface area contributed by atoms with Crippen molar-refractivity contribution in [3.63, 3.8) is 0 Å². The van der Waals surface area contributed by atoms with Gasteiger partial charge in [-0.25, -0.2) is 0 Å². The largest absolute Gasteiger partial charge is 0.481 e. The molecule has 0 aromatic heterocycles. The molecule has 1 rings (SSSR count). The van der Waals surface area contributed by atoms with Gasteiger partial charge in [-0.05, 0) is 50.9 Å². The topological polar surface area (TPSA) is 41.6 Å². The number of carbonyl (C=O) groups is 1. The van der Waals surface area contributed by atoms with E-state index in [4.69, 9.17) is 4.74 Å². The highest BCUT2D eigenvalue weighted by Crippen LogP contribution is 2.16. The number of rotatable bonds is 8. The lowest BCUT2D eigenvalue weighted by Gasteiger charge is -2.18. The molecular formula is C17H28N2O2. The monoisotopic (exact) mass is 292 g/mol. The van der Waals surface area contributed by atoms with Gasteiger partial charge in [-0.3, -0.25) is 4.79 Å². The van der Waals surface area contributed by atoms with E-state index in [2.05, 4.69) is 31.3 Å². The van der Waals surface area contributed by atoms with Gasteiger partial charge >= 0.3 is 0 Å². The van der Waals surface area contributed by atoms with Crippen molar-refractivity contribution in [3.05, 3.63) is 29.8 Å². The molecule has 0 saturated carbocycles. The molecule has 1 aromatic carbocycles. The van der Waals surface area contributed by atoms with Gasteiger partial charge in [-0.1, -0.05) is 19.1 Å². The number of amides is 1. The van der Waals surface area contributed by atoms with E-state index in [9.17, 15) is 4.79 Å². The van der Waals surface area contributed by atoms with Crippen molar-refractivity contribution >= 4 is 5.91 Å². The minimum atomic E-state index is -0.459. The Bertz CT molecular complexity index is 429. The van der Waals surface area contributed by atoms with Crippen molar-refractivity contribution < 1.29 is 9.53 Å². The van der Waals surface area contributed by atoms with Crippen LogP contribution in [0.2, 0.25) is 0 Å². The zero-order valence-corrected chi connectivity index (χ0v) is 13.8. The quantitative estimate of drug-likeness (QED) is 0.800. The smallest absolute Gasteiger partial charge is 0.262 e. The second-order valence-corrected chi connectivity index (χ2v) is 5.63. The summed E-state index contributed by atoms with van der Waals surface area (Å²) < 4.78 is 5.65. The van der Waals surface area contributed by atoms with Crippen LogP contribution in [0.4, 0.5) is 0 Å². The molecule has 1 aromatic rings. The van der Waals surface area contributed by atoms with Gasteiger partial charge in [-0.2, -0.15) is 0 Å². The Morgan fingerprint density at radius 2 is 1.86 bits per heavy atom. The molecule has 2 unspecified atom stereocenters. The highest BCUT2D eigenvalue weighted by molar-refractivity contribution is 5.80. The van der Waals surface area contributed by atoms with E-state index in [1.54, 1.807) is 25.9 Å². The van der Waals surface area contributed by atoms with Crippen LogP contribution in [-0.4, -0.2) is 43.6 Å². The predicted molar refractivity (Wildman–Crippen MR) is 86.7 cm³/mol. The number of nitrogens with one attached hydrogen (secondary N) is 1. The first-order valence-corrected chi connectivity index (χ1v) is 7.64. The van der Waals surface area contributed by atoms with Crippen LogP contribution in [0.3, 0.4) is 0 Å². The van der Waals surface area contributed by atoms with E-state index in [0.29, 0.717) is 6.04 Å². The summed E-state index contributed by atoms with van der Waals surface area (Å²) in [6, 6.07) is 8.55. The standard InChI is InChI=1S/C17H28N2O2/c1-6-18-13(2)7-8-15-9-11-16(12-10-15)21-14(3)17(20)19(4)5/h9-14,18H,6-8H2,1-5H3. The number of carbonyl (C=O) groups excluding carboxylic acids is 1. The lowest BCUT2D eigenvalue weighted by Crippen LogP contribution is -2.35. The molecule has 0 bridgehead atoms. The molecule has 0 spiro atoms. The van der Waals surface area contributed by atoms with Crippen molar-refractivity contribution in [3.8, 4) is 5.75 Å². The second kappa shape index (κ2) is 8.67. The summed E-state index contributed by atoms with van der Waals surface area (Å²) in [5.41, 5.74) is 1.29. The first-order chi connectivity index (χ1) is 9.93. The minimum Gasteiger partial charge on any atom is -0.481 e. The molecule has 118 valence electrons. The molecule has 4 nitrogen and oxygen atoms in total. The van der Waals surface area contributed by atoms with E-state index >= 15 is 0 Å². The third-order valence-electron chi connectivity index (χ3n) is 3.44. The average Bonchev–Trinajstić information content (AvgIpc) is 2.45. The van der Waals surface area contributed by atoms with Crippen molar-refractivity contribution in [2.24, 2.45) is 0 Å². The summed E-state index contributed by atoms with van der Waals surface area (Å²) in [5, 5.41) is 3.41. The van der Waals surface area contributed by atoms with Crippen LogP contribution in [0, 0.1) is 0 Å². The van der Waals surface area contributed by atoms with E-state index in [0.717, 1.165) is 25.1 Å². The van der Waals surface area contributed by atoms with Crippen LogP contribution in [0.1, 0.15) is 32.8 Å². The van der Waals surface area contributed by atoms with Gasteiger partial charge in [0.1, 0.15) is 5.75 Å². The molecule has 4 heteroatoms. The highest BCUT2D eigenvalue weighted by Gasteiger charge is 2.16. The number of aryl methyl sites for hydroxylation is 1. The van der Waals surface area contributed by atoms with Gasteiger partial charge in [0.25, 0.3) is 5.91 Å². The van der Waals surface area contributed by atoms with Gasteiger partial charge in [0.2, 0.25) is 0 Å². The second-order valence-electron chi connectivity index (χ2n) is 5.63. The number of ether oxygens (including phenoxy) is 1. The molecule has 21 heavy (non-hydrogen) atoms. The Morgan fingerprint density at radius 3 is 2.38 bits per heavy atom. The Labute approximate surface area is 128 Å². The fraction of sp³-hybridized carbons (Fsp3) is 0.588. The molecule has 0 fully saturated rings. The molecule has 2 atom stereocenters. The molecule has 0 saturated heterocycles. The Morgan fingerprint density at radius 1 is 1.24 bits per heavy atom. The number of likely N-dealkylation sites (N-methyl/N-ethyl adjacent to an activating group) is 1. The maximum atomic E-state index is 11.7.